The highest BCUT2D eigenvalue weighted by Gasteiger charge is 2.26. The van der Waals surface area contributed by atoms with Crippen molar-refractivity contribution in [1.82, 2.24) is 4.98 Å². The van der Waals surface area contributed by atoms with E-state index in [9.17, 15) is 8.42 Å². The van der Waals surface area contributed by atoms with Crippen LogP contribution < -0.4 is 4.31 Å². The lowest BCUT2D eigenvalue weighted by Gasteiger charge is -2.24. The number of fused-ring (bicyclic) bond motifs is 1. The molecule has 1 heterocycles. The van der Waals surface area contributed by atoms with Crippen molar-refractivity contribution in [3.63, 3.8) is 0 Å². The molecule has 0 aliphatic carbocycles. The minimum atomic E-state index is -3.75. The number of rotatable bonds is 4. The number of pyridine rings is 1. The number of anilines is 1. The predicted octanol–water partition coefficient (Wildman–Crippen LogP) is 5.34. The van der Waals surface area contributed by atoms with Gasteiger partial charge in [-0.2, -0.15) is 0 Å². The minimum Gasteiger partial charge on any atom is -0.252 e. The maximum absolute atomic E-state index is 13.4. The Morgan fingerprint density at radius 1 is 0.793 bits per heavy atom. The van der Waals surface area contributed by atoms with E-state index in [1.165, 1.54) is 4.31 Å². The third-order valence-electron chi connectivity index (χ3n) is 5.17. The maximum Gasteiger partial charge on any atom is 0.265 e. The Labute approximate surface area is 171 Å². The average Bonchev–Trinajstić information content (AvgIpc) is 2.74. The van der Waals surface area contributed by atoms with Crippen LogP contribution in [0.1, 0.15) is 11.1 Å². The number of aryl methyl sites for hydroxylation is 2. The first-order valence-electron chi connectivity index (χ1n) is 9.40. The van der Waals surface area contributed by atoms with Gasteiger partial charge in [0.15, 0.2) is 5.82 Å². The van der Waals surface area contributed by atoms with Gasteiger partial charge in [0, 0.05) is 18.0 Å². The van der Waals surface area contributed by atoms with Crippen molar-refractivity contribution in [2.75, 3.05) is 11.4 Å². The van der Waals surface area contributed by atoms with E-state index in [2.05, 4.69) is 0 Å². The molecule has 0 aliphatic rings. The van der Waals surface area contributed by atoms with Crippen LogP contribution in [0.5, 0.6) is 0 Å². The zero-order chi connectivity index (χ0) is 20.6. The Morgan fingerprint density at radius 2 is 1.41 bits per heavy atom. The molecule has 0 aliphatic heterocycles. The van der Waals surface area contributed by atoms with Gasteiger partial charge >= 0.3 is 0 Å². The van der Waals surface area contributed by atoms with Gasteiger partial charge in [-0.3, -0.25) is 4.31 Å². The van der Waals surface area contributed by atoms with Crippen LogP contribution in [0, 0.1) is 13.8 Å². The van der Waals surface area contributed by atoms with Crippen LogP contribution in [0.2, 0.25) is 0 Å². The SMILES string of the molecule is Cc1ccc(S(=O)(=O)N(C)c2nc3ccccc3c(C)c2-c2ccccc2)cc1. The number of para-hydroxylation sites is 1. The monoisotopic (exact) mass is 402 g/mol. The highest BCUT2D eigenvalue weighted by Crippen LogP contribution is 2.37. The Hall–Kier alpha value is -3.18. The van der Waals surface area contributed by atoms with E-state index in [-0.39, 0.29) is 4.90 Å². The number of nitrogens with zero attached hydrogens (tertiary/aromatic N) is 2. The molecule has 0 unspecified atom stereocenters. The van der Waals surface area contributed by atoms with Gasteiger partial charge in [0.25, 0.3) is 10.0 Å². The first-order chi connectivity index (χ1) is 13.9. The Bertz CT molecular complexity index is 1280. The molecule has 0 saturated carbocycles. The van der Waals surface area contributed by atoms with E-state index in [0.29, 0.717) is 5.82 Å². The van der Waals surface area contributed by atoms with E-state index in [4.69, 9.17) is 4.98 Å². The largest absolute Gasteiger partial charge is 0.265 e. The fraction of sp³-hybridized carbons (Fsp3) is 0.125. The number of hydrogen-bond acceptors (Lipinski definition) is 3. The normalized spacial score (nSPS) is 11.6. The second kappa shape index (κ2) is 7.33. The van der Waals surface area contributed by atoms with Crippen LogP contribution in [0.4, 0.5) is 5.82 Å². The molecular formula is C24H22N2O2S. The molecule has 146 valence electrons. The summed E-state index contributed by atoms with van der Waals surface area (Å²) in [6, 6.07) is 24.5. The molecule has 0 bridgehead atoms. The van der Waals surface area contributed by atoms with Crippen molar-refractivity contribution in [2.24, 2.45) is 0 Å². The molecule has 1 aromatic heterocycles. The fourth-order valence-electron chi connectivity index (χ4n) is 3.52. The molecule has 0 amide bonds. The highest BCUT2D eigenvalue weighted by molar-refractivity contribution is 7.92. The highest BCUT2D eigenvalue weighted by atomic mass is 32.2. The van der Waals surface area contributed by atoms with Crippen molar-refractivity contribution in [3.8, 4) is 11.1 Å². The first kappa shape index (κ1) is 19.2. The second-order valence-electron chi connectivity index (χ2n) is 7.10. The van der Waals surface area contributed by atoms with Crippen molar-refractivity contribution in [3.05, 3.63) is 90.0 Å². The first-order valence-corrected chi connectivity index (χ1v) is 10.8. The third kappa shape index (κ3) is 3.38. The zero-order valence-electron chi connectivity index (χ0n) is 16.6. The summed E-state index contributed by atoms with van der Waals surface area (Å²) in [5.74, 6) is 0.424. The Morgan fingerprint density at radius 3 is 2.10 bits per heavy atom. The van der Waals surface area contributed by atoms with E-state index < -0.39 is 10.0 Å². The summed E-state index contributed by atoms with van der Waals surface area (Å²) >= 11 is 0. The number of hydrogen-bond donors (Lipinski definition) is 0. The van der Waals surface area contributed by atoms with Gasteiger partial charge in [-0.1, -0.05) is 66.2 Å². The molecule has 29 heavy (non-hydrogen) atoms. The zero-order valence-corrected chi connectivity index (χ0v) is 17.4. The Balaban J connectivity index is 1.98. The van der Waals surface area contributed by atoms with Gasteiger partial charge in [0.1, 0.15) is 0 Å². The molecule has 4 aromatic rings. The van der Waals surface area contributed by atoms with Crippen LogP contribution in [0.25, 0.3) is 22.0 Å². The molecular weight excluding hydrogens is 380 g/mol. The van der Waals surface area contributed by atoms with Crippen molar-refractivity contribution in [1.29, 1.82) is 0 Å². The lowest BCUT2D eigenvalue weighted by molar-refractivity contribution is 0.594. The topological polar surface area (TPSA) is 50.3 Å². The van der Waals surface area contributed by atoms with Crippen molar-refractivity contribution >= 4 is 26.7 Å². The van der Waals surface area contributed by atoms with Gasteiger partial charge in [-0.25, -0.2) is 13.4 Å². The molecule has 4 nitrogen and oxygen atoms in total. The lowest BCUT2D eigenvalue weighted by Crippen LogP contribution is -2.28. The van der Waals surface area contributed by atoms with E-state index >= 15 is 0 Å². The van der Waals surface area contributed by atoms with Crippen molar-refractivity contribution < 1.29 is 8.42 Å². The molecule has 5 heteroatoms. The quantitative estimate of drug-likeness (QED) is 0.463. The third-order valence-corrected chi connectivity index (χ3v) is 6.94. The summed E-state index contributed by atoms with van der Waals surface area (Å²) in [5.41, 5.74) is 4.54. The molecule has 0 N–H and O–H groups in total. The van der Waals surface area contributed by atoms with Crippen LogP contribution in [0.15, 0.2) is 83.8 Å². The molecule has 3 aromatic carbocycles. The summed E-state index contributed by atoms with van der Waals surface area (Å²) in [6.07, 6.45) is 0. The van der Waals surface area contributed by atoms with Gasteiger partial charge in [0.2, 0.25) is 0 Å². The average molecular weight is 403 g/mol. The number of aromatic nitrogens is 1. The predicted molar refractivity (Wildman–Crippen MR) is 119 cm³/mol. The molecule has 4 rings (SSSR count). The summed E-state index contributed by atoms with van der Waals surface area (Å²) in [4.78, 5) is 5.02. The molecule has 0 fully saturated rings. The molecule has 0 atom stereocenters. The van der Waals surface area contributed by atoms with E-state index in [1.807, 2.05) is 68.4 Å². The number of sulfonamides is 1. The summed E-state index contributed by atoms with van der Waals surface area (Å²) in [7, 11) is -2.19. The van der Waals surface area contributed by atoms with Crippen molar-refractivity contribution in [2.45, 2.75) is 18.7 Å². The minimum absolute atomic E-state index is 0.247. The molecule has 0 spiro atoms. The molecule has 0 saturated heterocycles. The molecule has 0 radical (unpaired) electrons. The maximum atomic E-state index is 13.4. The smallest absolute Gasteiger partial charge is 0.252 e. The van der Waals surface area contributed by atoms with E-state index in [0.717, 1.165) is 33.2 Å². The van der Waals surface area contributed by atoms with Crippen LogP contribution in [-0.2, 0) is 10.0 Å². The summed E-state index contributed by atoms with van der Waals surface area (Å²) < 4.78 is 28.0. The summed E-state index contributed by atoms with van der Waals surface area (Å²) in [6.45, 7) is 3.95. The second-order valence-corrected chi connectivity index (χ2v) is 9.07. The van der Waals surface area contributed by atoms with Crippen LogP contribution in [0.3, 0.4) is 0 Å². The van der Waals surface area contributed by atoms with Crippen LogP contribution >= 0.6 is 0 Å². The standard InChI is InChI=1S/C24H22N2O2S/c1-17-13-15-20(16-14-17)29(27,28)26(3)24-23(19-9-5-4-6-10-19)18(2)21-11-7-8-12-22(21)25-24/h4-16H,1-3H3. The summed E-state index contributed by atoms with van der Waals surface area (Å²) in [5, 5.41) is 1.01. The van der Waals surface area contributed by atoms with Gasteiger partial charge < -0.3 is 0 Å². The van der Waals surface area contributed by atoms with Gasteiger partial charge in [-0.05, 0) is 43.2 Å². The lowest BCUT2D eigenvalue weighted by atomic mass is 9.97. The van der Waals surface area contributed by atoms with Crippen LogP contribution in [-0.4, -0.2) is 20.4 Å². The Kier molecular flexibility index (Phi) is 4.84. The fourth-order valence-corrected chi connectivity index (χ4v) is 4.68. The van der Waals surface area contributed by atoms with E-state index in [1.54, 1.807) is 31.3 Å². The van der Waals surface area contributed by atoms with Gasteiger partial charge in [0.05, 0.1) is 10.4 Å². The number of benzene rings is 3. The van der Waals surface area contributed by atoms with Gasteiger partial charge in [-0.15, -0.1) is 0 Å².